The Morgan fingerprint density at radius 1 is 1.19 bits per heavy atom. The van der Waals surface area contributed by atoms with Crippen molar-refractivity contribution in [3.63, 3.8) is 0 Å². The Balaban J connectivity index is 1.61. The van der Waals surface area contributed by atoms with Crippen molar-refractivity contribution < 1.29 is 19.0 Å². The van der Waals surface area contributed by atoms with Crippen LogP contribution in [-0.2, 0) is 11.2 Å². The molecule has 1 amide bonds. The zero-order valence-corrected chi connectivity index (χ0v) is 16.5. The van der Waals surface area contributed by atoms with Crippen LogP contribution in [0.25, 0.3) is 0 Å². The molecule has 144 valence electrons. The van der Waals surface area contributed by atoms with E-state index in [4.69, 9.17) is 25.8 Å². The Labute approximate surface area is 164 Å². The van der Waals surface area contributed by atoms with Gasteiger partial charge in [-0.1, -0.05) is 29.8 Å². The highest BCUT2D eigenvalue weighted by Crippen LogP contribution is 2.31. The van der Waals surface area contributed by atoms with Gasteiger partial charge in [-0.05, 0) is 55.2 Å². The minimum Gasteiger partial charge on any atom is -0.493 e. The summed E-state index contributed by atoms with van der Waals surface area (Å²) in [7, 11) is 3.25. The molecule has 5 nitrogen and oxygen atoms in total. The quantitative estimate of drug-likeness (QED) is 0.677. The van der Waals surface area contributed by atoms with E-state index in [0.29, 0.717) is 23.1 Å². The molecule has 0 radical (unpaired) electrons. The van der Waals surface area contributed by atoms with Crippen LogP contribution in [0.1, 0.15) is 30.6 Å². The first-order chi connectivity index (χ1) is 13.0. The van der Waals surface area contributed by atoms with Crippen molar-refractivity contribution in [1.29, 1.82) is 0 Å². The molecule has 1 saturated heterocycles. The number of ether oxygens (including phenoxy) is 3. The molecule has 2 aromatic rings. The summed E-state index contributed by atoms with van der Waals surface area (Å²) < 4.78 is 16.2. The fourth-order valence-electron chi connectivity index (χ4n) is 3.29. The van der Waals surface area contributed by atoms with Gasteiger partial charge >= 0.3 is 6.09 Å². The highest BCUT2D eigenvalue weighted by molar-refractivity contribution is 6.30. The Morgan fingerprint density at radius 3 is 2.67 bits per heavy atom. The van der Waals surface area contributed by atoms with Crippen molar-refractivity contribution in [2.45, 2.75) is 31.9 Å². The predicted molar refractivity (Wildman–Crippen MR) is 105 cm³/mol. The normalized spacial score (nSPS) is 17.6. The number of methoxy groups -OCH3 is 2. The van der Waals surface area contributed by atoms with Gasteiger partial charge in [-0.2, -0.15) is 0 Å². The average molecular weight is 390 g/mol. The first-order valence-electron chi connectivity index (χ1n) is 8.95. The van der Waals surface area contributed by atoms with E-state index < -0.39 is 0 Å². The van der Waals surface area contributed by atoms with Crippen molar-refractivity contribution in [3.05, 3.63) is 58.6 Å². The van der Waals surface area contributed by atoms with Gasteiger partial charge in [0.1, 0.15) is 6.10 Å². The zero-order valence-electron chi connectivity index (χ0n) is 15.8. The van der Waals surface area contributed by atoms with Crippen LogP contribution in [0.4, 0.5) is 4.79 Å². The molecule has 2 unspecified atom stereocenters. The third kappa shape index (κ3) is 4.48. The van der Waals surface area contributed by atoms with E-state index in [2.05, 4.69) is 0 Å². The number of hydrogen-bond donors (Lipinski definition) is 0. The fourth-order valence-corrected chi connectivity index (χ4v) is 3.49. The standard InChI is InChI=1S/C21H24ClNO4/c1-14(7-8-15-9-10-18(25-2)19(11-15)26-3)23-13-20(27-21(23)24)16-5-4-6-17(22)12-16/h4-6,9-12,14,20H,7-8,13H2,1-3H3. The number of nitrogens with zero attached hydrogens (tertiary/aromatic N) is 1. The molecule has 0 aromatic heterocycles. The highest BCUT2D eigenvalue weighted by atomic mass is 35.5. The summed E-state index contributed by atoms with van der Waals surface area (Å²) in [5.74, 6) is 1.42. The van der Waals surface area contributed by atoms with E-state index in [9.17, 15) is 4.79 Å². The minimum atomic E-state index is -0.278. The second-order valence-corrected chi connectivity index (χ2v) is 7.09. The fraction of sp³-hybridized carbons (Fsp3) is 0.381. The van der Waals surface area contributed by atoms with Gasteiger partial charge in [-0.25, -0.2) is 4.79 Å². The Hall–Kier alpha value is -2.40. The summed E-state index contributed by atoms with van der Waals surface area (Å²) in [5, 5.41) is 0.642. The average Bonchev–Trinajstić information content (AvgIpc) is 3.07. The number of cyclic esters (lactones) is 1. The summed E-state index contributed by atoms with van der Waals surface area (Å²) in [4.78, 5) is 14.1. The SMILES string of the molecule is COc1ccc(CCC(C)N2CC(c3cccc(Cl)c3)OC2=O)cc1OC. The molecule has 0 saturated carbocycles. The molecular weight excluding hydrogens is 366 g/mol. The number of aryl methyl sites for hydroxylation is 1. The van der Waals surface area contributed by atoms with Crippen LogP contribution in [0.15, 0.2) is 42.5 Å². The Kier molecular flexibility index (Phi) is 6.11. The minimum absolute atomic E-state index is 0.0646. The molecule has 2 atom stereocenters. The largest absolute Gasteiger partial charge is 0.493 e. The first kappa shape index (κ1) is 19.4. The third-order valence-electron chi connectivity index (χ3n) is 4.89. The van der Waals surface area contributed by atoms with Crippen LogP contribution >= 0.6 is 11.6 Å². The van der Waals surface area contributed by atoms with Crippen LogP contribution in [-0.4, -0.2) is 37.8 Å². The van der Waals surface area contributed by atoms with Gasteiger partial charge in [0.2, 0.25) is 0 Å². The maximum atomic E-state index is 12.3. The van der Waals surface area contributed by atoms with Crippen LogP contribution < -0.4 is 9.47 Å². The topological polar surface area (TPSA) is 48.0 Å². The molecule has 0 N–H and O–H groups in total. The predicted octanol–water partition coefficient (Wildman–Crippen LogP) is 4.87. The van der Waals surface area contributed by atoms with Gasteiger partial charge in [-0.3, -0.25) is 0 Å². The lowest BCUT2D eigenvalue weighted by Crippen LogP contribution is -2.34. The number of rotatable bonds is 7. The highest BCUT2D eigenvalue weighted by Gasteiger charge is 2.35. The van der Waals surface area contributed by atoms with Gasteiger partial charge in [0.05, 0.1) is 20.8 Å². The van der Waals surface area contributed by atoms with Crippen LogP contribution in [0.2, 0.25) is 5.02 Å². The number of carbonyl (C=O) groups is 1. The molecular formula is C21H24ClNO4. The molecule has 0 aliphatic carbocycles. The van der Waals surface area contributed by atoms with Crippen molar-refractivity contribution >= 4 is 17.7 Å². The summed E-state index contributed by atoms with van der Waals surface area (Å²) >= 11 is 6.05. The summed E-state index contributed by atoms with van der Waals surface area (Å²) in [5.41, 5.74) is 2.06. The lowest BCUT2D eigenvalue weighted by Gasteiger charge is -2.22. The summed E-state index contributed by atoms with van der Waals surface area (Å²) in [6, 6.07) is 13.4. The van der Waals surface area contributed by atoms with Crippen LogP contribution in [0, 0.1) is 0 Å². The molecule has 0 spiro atoms. The number of halogens is 1. The molecule has 6 heteroatoms. The molecule has 1 heterocycles. The van der Waals surface area contributed by atoms with Gasteiger partial charge in [0.25, 0.3) is 0 Å². The molecule has 1 fully saturated rings. The smallest absolute Gasteiger partial charge is 0.410 e. The number of hydrogen-bond acceptors (Lipinski definition) is 4. The maximum Gasteiger partial charge on any atom is 0.410 e. The van der Waals surface area contributed by atoms with E-state index in [0.717, 1.165) is 24.0 Å². The van der Waals surface area contributed by atoms with Gasteiger partial charge < -0.3 is 19.1 Å². The van der Waals surface area contributed by atoms with Crippen molar-refractivity contribution in [3.8, 4) is 11.5 Å². The zero-order chi connectivity index (χ0) is 19.4. The van der Waals surface area contributed by atoms with Crippen molar-refractivity contribution in [2.24, 2.45) is 0 Å². The Morgan fingerprint density at radius 2 is 1.96 bits per heavy atom. The first-order valence-corrected chi connectivity index (χ1v) is 9.33. The third-order valence-corrected chi connectivity index (χ3v) is 5.13. The molecule has 1 aliphatic heterocycles. The summed E-state index contributed by atoms with van der Waals surface area (Å²) in [6.07, 6.45) is 1.10. The van der Waals surface area contributed by atoms with E-state index in [1.54, 1.807) is 19.1 Å². The lowest BCUT2D eigenvalue weighted by atomic mass is 10.0. The monoisotopic (exact) mass is 389 g/mol. The van der Waals surface area contributed by atoms with Crippen molar-refractivity contribution in [1.82, 2.24) is 4.90 Å². The van der Waals surface area contributed by atoms with E-state index in [-0.39, 0.29) is 18.2 Å². The molecule has 1 aliphatic rings. The van der Waals surface area contributed by atoms with E-state index >= 15 is 0 Å². The van der Waals surface area contributed by atoms with Crippen LogP contribution in [0.5, 0.6) is 11.5 Å². The van der Waals surface area contributed by atoms with Crippen LogP contribution in [0.3, 0.4) is 0 Å². The van der Waals surface area contributed by atoms with Gasteiger partial charge in [-0.15, -0.1) is 0 Å². The number of amides is 1. The van der Waals surface area contributed by atoms with Gasteiger partial charge in [0, 0.05) is 11.1 Å². The number of benzene rings is 2. The second-order valence-electron chi connectivity index (χ2n) is 6.66. The maximum absolute atomic E-state index is 12.3. The molecule has 0 bridgehead atoms. The van der Waals surface area contributed by atoms with E-state index in [1.165, 1.54) is 0 Å². The second kappa shape index (κ2) is 8.53. The number of carbonyl (C=O) groups excluding carboxylic acids is 1. The van der Waals surface area contributed by atoms with Gasteiger partial charge in [0.15, 0.2) is 11.5 Å². The molecule has 3 rings (SSSR count). The Bertz CT molecular complexity index is 811. The molecule has 2 aromatic carbocycles. The summed E-state index contributed by atoms with van der Waals surface area (Å²) in [6.45, 7) is 2.58. The van der Waals surface area contributed by atoms with Crippen molar-refractivity contribution in [2.75, 3.05) is 20.8 Å². The molecule has 27 heavy (non-hydrogen) atoms. The lowest BCUT2D eigenvalue weighted by molar-refractivity contribution is 0.128. The van der Waals surface area contributed by atoms with E-state index in [1.807, 2.05) is 49.4 Å².